The molecule has 0 fully saturated rings. The Morgan fingerprint density at radius 3 is 2.47 bits per heavy atom. The molecule has 6 heteroatoms. The second kappa shape index (κ2) is 7.19. The topological polar surface area (TPSA) is 72.9 Å². The smallest absolute Gasteiger partial charge is 0.324 e. The molecule has 0 aliphatic heterocycles. The highest BCUT2D eigenvalue weighted by Gasteiger charge is 2.14. The number of nitrogens with one attached hydrogen (secondary N) is 1. The number of carbonyl (C=O) groups excluding carboxylic acids is 2. The van der Waals surface area contributed by atoms with Crippen molar-refractivity contribution >= 4 is 12.4 Å². The van der Waals surface area contributed by atoms with Crippen LogP contribution in [0.1, 0.15) is 6.92 Å². The van der Waals surface area contributed by atoms with Crippen LogP contribution in [0.4, 0.5) is 4.79 Å². The van der Waals surface area contributed by atoms with Crippen LogP contribution in [0.2, 0.25) is 0 Å². The van der Waals surface area contributed by atoms with Crippen molar-refractivity contribution in [1.29, 1.82) is 0 Å². The quantitative estimate of drug-likeness (QED) is 0.565. The lowest BCUT2D eigenvalue weighted by molar-refractivity contribution is -0.115. The number of nitrogens with zero attached hydrogens (tertiary/aromatic N) is 2. The van der Waals surface area contributed by atoms with E-state index in [9.17, 15) is 9.59 Å². The summed E-state index contributed by atoms with van der Waals surface area (Å²) in [4.78, 5) is 24.9. The van der Waals surface area contributed by atoms with E-state index in [2.05, 4.69) is 5.32 Å². The van der Waals surface area contributed by atoms with Crippen molar-refractivity contribution in [2.24, 2.45) is 0 Å². The first-order valence-corrected chi connectivity index (χ1v) is 4.79. The van der Waals surface area contributed by atoms with Crippen molar-refractivity contribution in [3.8, 4) is 0 Å². The molecule has 0 aromatic heterocycles. The van der Waals surface area contributed by atoms with Gasteiger partial charge in [-0.1, -0.05) is 0 Å². The fourth-order valence-corrected chi connectivity index (χ4v) is 0.849. The van der Waals surface area contributed by atoms with E-state index in [1.165, 1.54) is 0 Å². The van der Waals surface area contributed by atoms with Crippen LogP contribution in [0.15, 0.2) is 0 Å². The molecule has 1 atom stereocenters. The SMILES string of the molecule is CC(CO)NC(=O)N(C=O)CCN(C)C. The zero-order valence-electron chi connectivity index (χ0n) is 9.43. The number of hydrogen-bond acceptors (Lipinski definition) is 4. The van der Waals surface area contributed by atoms with Crippen molar-refractivity contribution in [3.05, 3.63) is 0 Å². The molecule has 2 N–H and O–H groups in total. The van der Waals surface area contributed by atoms with Crippen LogP contribution in [-0.4, -0.2) is 67.2 Å². The van der Waals surface area contributed by atoms with E-state index < -0.39 is 6.03 Å². The molecule has 0 heterocycles. The summed E-state index contributed by atoms with van der Waals surface area (Å²) in [6, 6.07) is -0.826. The van der Waals surface area contributed by atoms with Gasteiger partial charge in [0.1, 0.15) is 0 Å². The molecule has 0 rings (SSSR count). The number of aliphatic hydroxyl groups excluding tert-OH is 1. The monoisotopic (exact) mass is 217 g/mol. The molecule has 0 saturated heterocycles. The van der Waals surface area contributed by atoms with Gasteiger partial charge in [0.05, 0.1) is 12.6 Å². The summed E-state index contributed by atoms with van der Waals surface area (Å²) in [5, 5.41) is 11.2. The van der Waals surface area contributed by atoms with Gasteiger partial charge < -0.3 is 15.3 Å². The molecule has 0 aliphatic rings. The lowest BCUT2D eigenvalue weighted by Gasteiger charge is -2.20. The van der Waals surface area contributed by atoms with Crippen LogP contribution >= 0.6 is 0 Å². The molecule has 0 spiro atoms. The van der Waals surface area contributed by atoms with E-state index in [1.807, 2.05) is 19.0 Å². The predicted molar refractivity (Wildman–Crippen MR) is 56.4 cm³/mol. The minimum atomic E-state index is -0.478. The van der Waals surface area contributed by atoms with Gasteiger partial charge in [0, 0.05) is 13.1 Å². The molecule has 0 aromatic rings. The third-order valence-electron chi connectivity index (χ3n) is 1.82. The van der Waals surface area contributed by atoms with E-state index in [0.717, 1.165) is 4.90 Å². The summed E-state index contributed by atoms with van der Waals surface area (Å²) in [5.41, 5.74) is 0. The summed E-state index contributed by atoms with van der Waals surface area (Å²) in [6.45, 7) is 2.46. The number of imide groups is 1. The third kappa shape index (κ3) is 6.03. The molecule has 0 saturated carbocycles. The van der Waals surface area contributed by atoms with Crippen LogP contribution in [0, 0.1) is 0 Å². The zero-order chi connectivity index (χ0) is 11.8. The average Bonchev–Trinajstić information content (AvgIpc) is 2.18. The first kappa shape index (κ1) is 13.9. The van der Waals surface area contributed by atoms with Gasteiger partial charge in [-0.25, -0.2) is 4.79 Å². The number of aliphatic hydroxyl groups is 1. The van der Waals surface area contributed by atoms with Crippen molar-refractivity contribution in [2.75, 3.05) is 33.8 Å². The molecule has 88 valence electrons. The number of hydrogen-bond donors (Lipinski definition) is 2. The number of carbonyl (C=O) groups is 2. The summed E-state index contributed by atoms with van der Waals surface area (Å²) < 4.78 is 0. The van der Waals surface area contributed by atoms with Crippen molar-refractivity contribution < 1.29 is 14.7 Å². The normalized spacial score (nSPS) is 12.3. The molecule has 0 radical (unpaired) electrons. The maximum absolute atomic E-state index is 11.4. The van der Waals surface area contributed by atoms with E-state index in [0.29, 0.717) is 19.5 Å². The van der Waals surface area contributed by atoms with E-state index >= 15 is 0 Å². The maximum atomic E-state index is 11.4. The molecule has 3 amide bonds. The molecular formula is C9H19N3O3. The van der Waals surface area contributed by atoms with Crippen molar-refractivity contribution in [3.63, 3.8) is 0 Å². The molecule has 0 aliphatic carbocycles. The Bertz CT molecular complexity index is 209. The summed E-state index contributed by atoms with van der Waals surface area (Å²) >= 11 is 0. The van der Waals surface area contributed by atoms with Crippen LogP contribution in [0.25, 0.3) is 0 Å². The summed E-state index contributed by atoms with van der Waals surface area (Å²) in [7, 11) is 3.72. The average molecular weight is 217 g/mol. The van der Waals surface area contributed by atoms with E-state index in [4.69, 9.17) is 5.11 Å². The highest BCUT2D eigenvalue weighted by molar-refractivity contribution is 5.84. The predicted octanol–water partition coefficient (Wildman–Crippen LogP) is -0.903. The number of amides is 3. The lowest BCUT2D eigenvalue weighted by atomic mass is 10.4. The molecule has 1 unspecified atom stereocenters. The highest BCUT2D eigenvalue weighted by atomic mass is 16.3. The Morgan fingerprint density at radius 2 is 2.07 bits per heavy atom. The van der Waals surface area contributed by atoms with Gasteiger partial charge in [0.2, 0.25) is 6.41 Å². The number of rotatable bonds is 6. The summed E-state index contributed by atoms with van der Waals surface area (Å²) in [5.74, 6) is 0. The minimum Gasteiger partial charge on any atom is -0.394 e. The van der Waals surface area contributed by atoms with Crippen LogP contribution < -0.4 is 5.32 Å². The second-order valence-electron chi connectivity index (χ2n) is 3.64. The Labute approximate surface area is 89.8 Å². The van der Waals surface area contributed by atoms with Gasteiger partial charge in [-0.05, 0) is 21.0 Å². The third-order valence-corrected chi connectivity index (χ3v) is 1.82. The fourth-order valence-electron chi connectivity index (χ4n) is 0.849. The van der Waals surface area contributed by atoms with Gasteiger partial charge in [0.15, 0.2) is 0 Å². The zero-order valence-corrected chi connectivity index (χ0v) is 9.43. The molecule has 15 heavy (non-hydrogen) atoms. The fraction of sp³-hybridized carbons (Fsp3) is 0.778. The Morgan fingerprint density at radius 1 is 1.47 bits per heavy atom. The van der Waals surface area contributed by atoms with Gasteiger partial charge in [-0.3, -0.25) is 9.69 Å². The standard InChI is InChI=1S/C9H19N3O3/c1-8(6-13)10-9(15)12(7-14)5-4-11(2)3/h7-8,13H,4-6H2,1-3H3,(H,10,15). The van der Waals surface area contributed by atoms with Crippen LogP contribution in [-0.2, 0) is 4.79 Å². The first-order chi connectivity index (χ1) is 7.01. The van der Waals surface area contributed by atoms with Crippen molar-refractivity contribution in [2.45, 2.75) is 13.0 Å². The van der Waals surface area contributed by atoms with Gasteiger partial charge in [0.25, 0.3) is 0 Å². The largest absolute Gasteiger partial charge is 0.394 e. The van der Waals surface area contributed by atoms with Gasteiger partial charge >= 0.3 is 6.03 Å². The second-order valence-corrected chi connectivity index (χ2v) is 3.64. The van der Waals surface area contributed by atoms with Crippen LogP contribution in [0.5, 0.6) is 0 Å². The molecular weight excluding hydrogens is 198 g/mol. The Hall–Kier alpha value is -1.14. The van der Waals surface area contributed by atoms with E-state index in [-0.39, 0.29) is 12.6 Å². The number of urea groups is 1. The summed E-state index contributed by atoms with van der Waals surface area (Å²) in [6.07, 6.45) is 0.489. The Balaban J connectivity index is 4.04. The maximum Gasteiger partial charge on any atom is 0.324 e. The van der Waals surface area contributed by atoms with Gasteiger partial charge in [-0.15, -0.1) is 0 Å². The molecule has 6 nitrogen and oxygen atoms in total. The molecule has 0 aromatic carbocycles. The first-order valence-electron chi connectivity index (χ1n) is 4.79. The lowest BCUT2D eigenvalue weighted by Crippen LogP contribution is -2.46. The van der Waals surface area contributed by atoms with Gasteiger partial charge in [-0.2, -0.15) is 0 Å². The molecule has 0 bridgehead atoms. The van der Waals surface area contributed by atoms with Crippen molar-refractivity contribution in [1.82, 2.24) is 15.1 Å². The minimum absolute atomic E-state index is 0.147. The highest BCUT2D eigenvalue weighted by Crippen LogP contribution is 1.89. The Kier molecular flexibility index (Phi) is 6.64. The van der Waals surface area contributed by atoms with Crippen LogP contribution in [0.3, 0.4) is 0 Å². The number of likely N-dealkylation sites (N-methyl/N-ethyl adjacent to an activating group) is 1. The van der Waals surface area contributed by atoms with E-state index in [1.54, 1.807) is 6.92 Å².